The summed E-state index contributed by atoms with van der Waals surface area (Å²) >= 11 is 0. The van der Waals surface area contributed by atoms with Gasteiger partial charge >= 0.3 is 0 Å². The van der Waals surface area contributed by atoms with Crippen molar-refractivity contribution in [1.82, 2.24) is 4.90 Å². The fraction of sp³-hybridized carbons (Fsp3) is 0.652. The molecule has 5 rings (SSSR count). The largest absolute Gasteiger partial charge is 0.508 e. The molecule has 2 saturated carbocycles. The van der Waals surface area contributed by atoms with E-state index in [1.54, 1.807) is 0 Å². The molecule has 1 aliphatic heterocycles. The standard InChI is InChI=1S/C23H31NO/c1-15-10-16(2)22-21-11-18-6-7-19(25)12-20(18)23(22,13-15)8-9-24(21)14-17-4-3-5-17/h6-7,12,16-17,21-22,25H,1,3-5,8-11,13-14H2,2H3/t16-,21+,22?,23?/m0/s1. The van der Waals surface area contributed by atoms with Gasteiger partial charge in [0.1, 0.15) is 5.75 Å². The van der Waals surface area contributed by atoms with E-state index >= 15 is 0 Å². The zero-order valence-corrected chi connectivity index (χ0v) is 15.5. The third-order valence-electron chi connectivity index (χ3n) is 7.93. The van der Waals surface area contributed by atoms with Crippen molar-refractivity contribution in [2.24, 2.45) is 17.8 Å². The molecule has 4 aliphatic rings. The first-order valence-electron chi connectivity index (χ1n) is 10.3. The minimum Gasteiger partial charge on any atom is -0.508 e. The molecular weight excluding hydrogens is 306 g/mol. The molecule has 0 spiro atoms. The van der Waals surface area contributed by atoms with Crippen molar-refractivity contribution < 1.29 is 5.11 Å². The van der Waals surface area contributed by atoms with Crippen LogP contribution in [0.1, 0.15) is 56.6 Å². The number of likely N-dealkylation sites (tertiary alicyclic amines) is 1. The highest BCUT2D eigenvalue weighted by molar-refractivity contribution is 5.46. The van der Waals surface area contributed by atoms with E-state index in [0.29, 0.717) is 17.7 Å². The van der Waals surface area contributed by atoms with Gasteiger partial charge in [0.15, 0.2) is 0 Å². The Balaban J connectivity index is 1.59. The average molecular weight is 338 g/mol. The van der Waals surface area contributed by atoms with Crippen LogP contribution in [0, 0.1) is 17.8 Å². The zero-order chi connectivity index (χ0) is 17.2. The normalized spacial score (nSPS) is 38.0. The van der Waals surface area contributed by atoms with E-state index in [4.69, 9.17) is 0 Å². The van der Waals surface area contributed by atoms with Crippen molar-refractivity contribution in [2.75, 3.05) is 13.1 Å². The molecule has 0 amide bonds. The Morgan fingerprint density at radius 1 is 1.28 bits per heavy atom. The number of fused-ring (bicyclic) bond motifs is 1. The number of phenolic OH excluding ortho intramolecular Hbond substituents is 1. The molecule has 0 aromatic heterocycles. The van der Waals surface area contributed by atoms with Crippen LogP contribution in [-0.2, 0) is 11.8 Å². The Morgan fingerprint density at radius 2 is 2.12 bits per heavy atom. The number of phenols is 1. The van der Waals surface area contributed by atoms with Crippen LogP contribution >= 0.6 is 0 Å². The van der Waals surface area contributed by atoms with Gasteiger partial charge in [0.2, 0.25) is 0 Å². The molecule has 25 heavy (non-hydrogen) atoms. The van der Waals surface area contributed by atoms with E-state index in [1.165, 1.54) is 68.3 Å². The molecule has 1 saturated heterocycles. The van der Waals surface area contributed by atoms with Crippen LogP contribution in [0.5, 0.6) is 5.75 Å². The van der Waals surface area contributed by atoms with E-state index in [2.05, 4.69) is 30.5 Å². The van der Waals surface area contributed by atoms with Gasteiger partial charge in [0, 0.05) is 18.0 Å². The first kappa shape index (κ1) is 15.9. The van der Waals surface area contributed by atoms with Crippen LogP contribution < -0.4 is 0 Å². The maximum atomic E-state index is 10.2. The van der Waals surface area contributed by atoms with Crippen LogP contribution in [-0.4, -0.2) is 29.1 Å². The van der Waals surface area contributed by atoms with Gasteiger partial charge < -0.3 is 5.11 Å². The lowest BCUT2D eigenvalue weighted by molar-refractivity contribution is -0.0376. The molecule has 3 fully saturated rings. The second-order valence-electron chi connectivity index (χ2n) is 9.44. The van der Waals surface area contributed by atoms with Crippen molar-refractivity contribution >= 4 is 0 Å². The van der Waals surface area contributed by atoms with Gasteiger partial charge in [-0.1, -0.05) is 31.6 Å². The number of benzene rings is 1. The molecule has 134 valence electrons. The summed E-state index contributed by atoms with van der Waals surface area (Å²) in [5.41, 5.74) is 4.58. The molecule has 0 radical (unpaired) electrons. The van der Waals surface area contributed by atoms with Gasteiger partial charge in [-0.15, -0.1) is 0 Å². The second kappa shape index (κ2) is 5.61. The zero-order valence-electron chi connectivity index (χ0n) is 15.5. The second-order valence-corrected chi connectivity index (χ2v) is 9.44. The Kier molecular flexibility index (Phi) is 3.57. The Hall–Kier alpha value is -1.28. The van der Waals surface area contributed by atoms with Gasteiger partial charge in [-0.25, -0.2) is 0 Å². The van der Waals surface area contributed by atoms with E-state index in [0.717, 1.165) is 18.3 Å². The third kappa shape index (κ3) is 2.33. The van der Waals surface area contributed by atoms with Crippen molar-refractivity contribution in [3.05, 3.63) is 41.5 Å². The number of rotatable bonds is 2. The average Bonchev–Trinajstić information content (AvgIpc) is 2.52. The smallest absolute Gasteiger partial charge is 0.115 e. The topological polar surface area (TPSA) is 23.5 Å². The minimum absolute atomic E-state index is 0.224. The molecule has 2 heteroatoms. The van der Waals surface area contributed by atoms with Crippen LogP contribution in [0.3, 0.4) is 0 Å². The number of aromatic hydroxyl groups is 1. The fourth-order valence-corrected chi connectivity index (χ4v) is 6.83. The van der Waals surface area contributed by atoms with E-state index in [-0.39, 0.29) is 5.41 Å². The maximum Gasteiger partial charge on any atom is 0.115 e. The number of allylic oxidation sites excluding steroid dienone is 1. The summed E-state index contributed by atoms with van der Waals surface area (Å²) in [7, 11) is 0. The van der Waals surface area contributed by atoms with Gasteiger partial charge in [0.05, 0.1) is 0 Å². The summed E-state index contributed by atoms with van der Waals surface area (Å²) < 4.78 is 0. The van der Waals surface area contributed by atoms with Gasteiger partial charge in [-0.3, -0.25) is 4.90 Å². The number of piperidine rings is 1. The summed E-state index contributed by atoms with van der Waals surface area (Å²) in [6.07, 6.45) is 9.05. The van der Waals surface area contributed by atoms with Crippen LogP contribution in [0.4, 0.5) is 0 Å². The lowest BCUT2D eigenvalue weighted by Crippen LogP contribution is -2.63. The molecule has 2 nitrogen and oxygen atoms in total. The molecule has 1 N–H and O–H groups in total. The van der Waals surface area contributed by atoms with Gasteiger partial charge in [0.25, 0.3) is 0 Å². The monoisotopic (exact) mass is 337 g/mol. The Morgan fingerprint density at radius 3 is 2.88 bits per heavy atom. The molecule has 1 aromatic rings. The third-order valence-corrected chi connectivity index (χ3v) is 7.93. The van der Waals surface area contributed by atoms with E-state index in [1.807, 2.05) is 6.07 Å². The fourth-order valence-electron chi connectivity index (χ4n) is 6.83. The van der Waals surface area contributed by atoms with Crippen LogP contribution in [0.15, 0.2) is 30.4 Å². The van der Waals surface area contributed by atoms with Gasteiger partial charge in [-0.05, 0) is 86.1 Å². The number of hydrogen-bond donors (Lipinski definition) is 1. The van der Waals surface area contributed by atoms with E-state index in [9.17, 15) is 5.11 Å². The first-order chi connectivity index (χ1) is 12.1. The summed E-state index contributed by atoms with van der Waals surface area (Å²) in [6, 6.07) is 6.87. The molecular formula is C23H31NO. The minimum atomic E-state index is 0.224. The number of hydrogen-bond acceptors (Lipinski definition) is 2. The Bertz CT molecular complexity index is 706. The van der Waals surface area contributed by atoms with Gasteiger partial charge in [-0.2, -0.15) is 0 Å². The highest BCUT2D eigenvalue weighted by Gasteiger charge is 2.56. The predicted octanol–water partition coefficient (Wildman–Crippen LogP) is 4.66. The van der Waals surface area contributed by atoms with Crippen molar-refractivity contribution in [1.29, 1.82) is 0 Å². The summed E-state index contributed by atoms with van der Waals surface area (Å²) in [6.45, 7) is 9.41. The van der Waals surface area contributed by atoms with Crippen molar-refractivity contribution in [3.8, 4) is 5.75 Å². The maximum absolute atomic E-state index is 10.2. The van der Waals surface area contributed by atoms with Crippen LogP contribution in [0.25, 0.3) is 0 Å². The molecule has 2 bridgehead atoms. The lowest BCUT2D eigenvalue weighted by Gasteiger charge is -2.62. The summed E-state index contributed by atoms with van der Waals surface area (Å²) in [4.78, 5) is 2.85. The molecule has 3 aliphatic carbocycles. The molecule has 4 atom stereocenters. The predicted molar refractivity (Wildman–Crippen MR) is 102 cm³/mol. The molecule has 2 unspecified atom stereocenters. The first-order valence-corrected chi connectivity index (χ1v) is 10.3. The highest BCUT2D eigenvalue weighted by Crippen LogP contribution is 2.59. The summed E-state index contributed by atoms with van der Waals surface area (Å²) in [5, 5.41) is 10.2. The van der Waals surface area contributed by atoms with E-state index < -0.39 is 0 Å². The highest BCUT2D eigenvalue weighted by atomic mass is 16.3. The van der Waals surface area contributed by atoms with Crippen LogP contribution in [0.2, 0.25) is 0 Å². The summed E-state index contributed by atoms with van der Waals surface area (Å²) in [5.74, 6) is 2.81. The molecule has 1 aromatic carbocycles. The SMILES string of the molecule is C=C1C[C@H](C)C2[C@H]3Cc4ccc(O)cc4C2(CCN3CC2CCC2)C1. The number of nitrogens with zero attached hydrogens (tertiary/aromatic N) is 1. The Labute approximate surface area is 151 Å². The quantitative estimate of drug-likeness (QED) is 0.793. The van der Waals surface area contributed by atoms with Crippen molar-refractivity contribution in [3.63, 3.8) is 0 Å². The van der Waals surface area contributed by atoms with Crippen molar-refractivity contribution in [2.45, 2.75) is 63.3 Å². The molecule has 1 heterocycles. The lowest BCUT2D eigenvalue weighted by atomic mass is 9.49.